The standard InChI is InChI=1S/C13H18FN3O.HI/c1-18-7-6-16-13(15)17-12-8-10(12)9-4-2-3-5-11(9)14;/h2-5,10,12H,6-8H2,1H3,(H3,15,16,17);1H. The van der Waals surface area contributed by atoms with E-state index in [4.69, 9.17) is 10.5 Å². The Labute approximate surface area is 129 Å². The lowest BCUT2D eigenvalue weighted by atomic mass is 10.1. The molecule has 1 aliphatic rings. The van der Waals surface area contributed by atoms with E-state index in [-0.39, 0.29) is 41.8 Å². The average Bonchev–Trinajstić information content (AvgIpc) is 3.09. The van der Waals surface area contributed by atoms with Gasteiger partial charge in [0, 0.05) is 19.1 Å². The zero-order valence-corrected chi connectivity index (χ0v) is 13.1. The first kappa shape index (κ1) is 16.2. The number of hydrogen-bond donors (Lipinski definition) is 2. The van der Waals surface area contributed by atoms with E-state index in [1.54, 1.807) is 13.2 Å². The first-order valence-corrected chi connectivity index (χ1v) is 6.02. The van der Waals surface area contributed by atoms with Crippen LogP contribution < -0.4 is 11.1 Å². The summed E-state index contributed by atoms with van der Waals surface area (Å²) in [5, 5.41) is 3.09. The summed E-state index contributed by atoms with van der Waals surface area (Å²) in [4.78, 5) is 4.11. The quantitative estimate of drug-likeness (QED) is 0.355. The van der Waals surface area contributed by atoms with Crippen LogP contribution in [0.1, 0.15) is 17.9 Å². The molecule has 2 unspecified atom stereocenters. The Morgan fingerprint density at radius 1 is 1.53 bits per heavy atom. The van der Waals surface area contributed by atoms with E-state index in [1.165, 1.54) is 6.07 Å². The highest BCUT2D eigenvalue weighted by Crippen LogP contribution is 2.41. The molecule has 0 spiro atoms. The minimum atomic E-state index is -0.151. The van der Waals surface area contributed by atoms with Gasteiger partial charge in [0.2, 0.25) is 0 Å². The second-order valence-electron chi connectivity index (χ2n) is 4.37. The minimum Gasteiger partial charge on any atom is -0.383 e. The third-order valence-corrected chi connectivity index (χ3v) is 3.01. The molecule has 0 amide bonds. The molecule has 0 heterocycles. The van der Waals surface area contributed by atoms with Crippen LogP contribution in [0.2, 0.25) is 0 Å². The van der Waals surface area contributed by atoms with Crippen LogP contribution in [0.25, 0.3) is 0 Å². The second kappa shape index (κ2) is 7.64. The molecule has 106 valence electrons. The fourth-order valence-electron chi connectivity index (χ4n) is 1.97. The lowest BCUT2D eigenvalue weighted by molar-refractivity contribution is 0.208. The molecule has 1 aromatic rings. The Balaban J connectivity index is 0.00000180. The monoisotopic (exact) mass is 379 g/mol. The molecule has 0 bridgehead atoms. The molecule has 0 aliphatic heterocycles. The van der Waals surface area contributed by atoms with E-state index in [0.717, 1.165) is 12.0 Å². The summed E-state index contributed by atoms with van der Waals surface area (Å²) in [6, 6.07) is 7.04. The largest absolute Gasteiger partial charge is 0.383 e. The van der Waals surface area contributed by atoms with Gasteiger partial charge in [0.1, 0.15) is 5.82 Å². The fourth-order valence-corrected chi connectivity index (χ4v) is 1.97. The summed E-state index contributed by atoms with van der Waals surface area (Å²) in [6.45, 7) is 1.08. The summed E-state index contributed by atoms with van der Waals surface area (Å²) >= 11 is 0. The van der Waals surface area contributed by atoms with Crippen LogP contribution in [0.3, 0.4) is 0 Å². The van der Waals surface area contributed by atoms with Crippen LogP contribution in [0.15, 0.2) is 29.3 Å². The number of guanidine groups is 1. The Bertz CT molecular complexity index is 442. The van der Waals surface area contributed by atoms with Crippen LogP contribution >= 0.6 is 24.0 Å². The Morgan fingerprint density at radius 2 is 2.26 bits per heavy atom. The molecule has 2 rings (SSSR count). The number of benzene rings is 1. The van der Waals surface area contributed by atoms with Crippen molar-refractivity contribution in [2.45, 2.75) is 18.4 Å². The van der Waals surface area contributed by atoms with E-state index in [0.29, 0.717) is 19.1 Å². The number of rotatable bonds is 5. The average molecular weight is 379 g/mol. The summed E-state index contributed by atoms with van der Waals surface area (Å²) in [7, 11) is 1.62. The van der Waals surface area contributed by atoms with Crippen molar-refractivity contribution in [1.82, 2.24) is 5.32 Å². The maximum Gasteiger partial charge on any atom is 0.188 e. The first-order chi connectivity index (χ1) is 8.72. The molecule has 1 fully saturated rings. The van der Waals surface area contributed by atoms with E-state index in [9.17, 15) is 4.39 Å². The van der Waals surface area contributed by atoms with Crippen molar-refractivity contribution < 1.29 is 9.13 Å². The van der Waals surface area contributed by atoms with Gasteiger partial charge >= 0.3 is 0 Å². The summed E-state index contributed by atoms with van der Waals surface area (Å²) < 4.78 is 18.4. The highest BCUT2D eigenvalue weighted by molar-refractivity contribution is 14.0. The topological polar surface area (TPSA) is 59.6 Å². The number of hydrogen-bond acceptors (Lipinski definition) is 2. The Morgan fingerprint density at radius 3 is 2.95 bits per heavy atom. The molecular formula is C13H19FIN3O. The van der Waals surface area contributed by atoms with Crippen molar-refractivity contribution in [3.63, 3.8) is 0 Å². The molecular weight excluding hydrogens is 360 g/mol. The van der Waals surface area contributed by atoms with Crippen molar-refractivity contribution in [2.75, 3.05) is 20.3 Å². The van der Waals surface area contributed by atoms with Crippen LogP contribution in [0.4, 0.5) is 4.39 Å². The van der Waals surface area contributed by atoms with Gasteiger partial charge in [0.25, 0.3) is 0 Å². The van der Waals surface area contributed by atoms with Crippen molar-refractivity contribution >= 4 is 29.9 Å². The molecule has 1 saturated carbocycles. The molecule has 4 nitrogen and oxygen atoms in total. The van der Waals surface area contributed by atoms with Crippen molar-refractivity contribution in [3.8, 4) is 0 Å². The summed E-state index contributed by atoms with van der Waals surface area (Å²) in [5.74, 6) is 0.444. The highest BCUT2D eigenvalue weighted by Gasteiger charge is 2.40. The minimum absolute atomic E-state index is 0. The zero-order chi connectivity index (χ0) is 13.0. The van der Waals surface area contributed by atoms with Crippen molar-refractivity contribution in [1.29, 1.82) is 0 Å². The number of ether oxygens (including phenoxy) is 1. The molecule has 0 radical (unpaired) electrons. The van der Waals surface area contributed by atoms with Gasteiger partial charge in [-0.3, -0.25) is 4.99 Å². The Kier molecular flexibility index (Phi) is 6.50. The number of nitrogens with one attached hydrogen (secondary N) is 1. The lowest BCUT2D eigenvalue weighted by Gasteiger charge is -2.05. The third kappa shape index (κ3) is 4.61. The predicted molar refractivity (Wildman–Crippen MR) is 84.5 cm³/mol. The Hall–Kier alpha value is -0.890. The molecule has 3 N–H and O–H groups in total. The second-order valence-corrected chi connectivity index (χ2v) is 4.37. The zero-order valence-electron chi connectivity index (χ0n) is 10.8. The number of aliphatic imine (C=N–C) groups is 1. The lowest BCUT2D eigenvalue weighted by Crippen LogP contribution is -2.34. The summed E-state index contributed by atoms with van der Waals surface area (Å²) in [5.41, 5.74) is 6.47. The van der Waals surface area contributed by atoms with Gasteiger partial charge in [-0.2, -0.15) is 0 Å². The van der Waals surface area contributed by atoms with Gasteiger partial charge in [-0.1, -0.05) is 18.2 Å². The van der Waals surface area contributed by atoms with Crippen molar-refractivity contribution in [3.05, 3.63) is 35.6 Å². The molecule has 1 aromatic carbocycles. The molecule has 6 heteroatoms. The van der Waals surface area contributed by atoms with E-state index in [2.05, 4.69) is 10.3 Å². The van der Waals surface area contributed by atoms with Crippen LogP contribution in [-0.4, -0.2) is 32.3 Å². The summed E-state index contributed by atoms with van der Waals surface area (Å²) in [6.07, 6.45) is 0.890. The normalized spacial score (nSPS) is 21.7. The molecule has 0 aromatic heterocycles. The van der Waals surface area contributed by atoms with Crippen LogP contribution in [-0.2, 0) is 4.74 Å². The highest BCUT2D eigenvalue weighted by atomic mass is 127. The van der Waals surface area contributed by atoms with E-state index >= 15 is 0 Å². The third-order valence-electron chi connectivity index (χ3n) is 3.01. The van der Waals surface area contributed by atoms with Gasteiger partial charge in [0.15, 0.2) is 5.96 Å². The number of nitrogens with zero attached hydrogens (tertiary/aromatic N) is 1. The fraction of sp³-hybridized carbons (Fsp3) is 0.462. The first-order valence-electron chi connectivity index (χ1n) is 6.02. The predicted octanol–water partition coefficient (Wildman–Crippen LogP) is 1.85. The molecule has 0 saturated heterocycles. The molecule has 19 heavy (non-hydrogen) atoms. The molecule has 2 atom stereocenters. The van der Waals surface area contributed by atoms with Gasteiger partial charge in [-0.05, 0) is 18.1 Å². The van der Waals surface area contributed by atoms with E-state index in [1.807, 2.05) is 12.1 Å². The van der Waals surface area contributed by atoms with Crippen molar-refractivity contribution in [2.24, 2.45) is 10.7 Å². The van der Waals surface area contributed by atoms with E-state index < -0.39 is 0 Å². The number of nitrogens with two attached hydrogens (primary N) is 1. The maximum atomic E-state index is 13.5. The smallest absolute Gasteiger partial charge is 0.188 e. The molecule has 1 aliphatic carbocycles. The van der Waals surface area contributed by atoms with Gasteiger partial charge < -0.3 is 15.8 Å². The van der Waals surface area contributed by atoms with Gasteiger partial charge in [-0.25, -0.2) is 4.39 Å². The maximum absolute atomic E-state index is 13.5. The van der Waals surface area contributed by atoms with Gasteiger partial charge in [0.05, 0.1) is 13.2 Å². The SMILES string of the molecule is COCCN=C(N)NC1CC1c1ccccc1F.I. The van der Waals surface area contributed by atoms with Gasteiger partial charge in [-0.15, -0.1) is 24.0 Å². The number of halogens is 2. The van der Waals surface area contributed by atoms with Crippen LogP contribution in [0, 0.1) is 5.82 Å². The number of methoxy groups -OCH3 is 1. The van der Waals surface area contributed by atoms with Crippen LogP contribution in [0.5, 0.6) is 0 Å².